The smallest absolute Gasteiger partial charge is 0.323 e. The molecule has 71 valence electrons. The Hall–Kier alpha value is -0.730. The fourth-order valence-electron chi connectivity index (χ4n) is 1.02. The van der Waals surface area contributed by atoms with Crippen LogP contribution >= 0.6 is 0 Å². The molecular weight excluding hydrogens is 152 g/mol. The Kier molecular flexibility index (Phi) is 5.51. The molecule has 0 aromatic rings. The van der Waals surface area contributed by atoms with Gasteiger partial charge >= 0.3 is 6.03 Å². The number of amides is 2. The van der Waals surface area contributed by atoms with Crippen molar-refractivity contribution in [3.05, 3.63) is 0 Å². The normalized spacial score (nSPS) is 10.1. The fraction of sp³-hybridized carbons (Fsp3) is 0.889. The Bertz CT molecular complexity index is 134. The molecule has 0 saturated heterocycles. The molecule has 0 aliphatic rings. The summed E-state index contributed by atoms with van der Waals surface area (Å²) in [4.78, 5) is 13.0. The van der Waals surface area contributed by atoms with Crippen molar-refractivity contribution in [3.8, 4) is 0 Å². The zero-order valence-electron chi connectivity index (χ0n) is 8.50. The minimum absolute atomic E-state index is 0.0753. The second kappa shape index (κ2) is 5.86. The quantitative estimate of drug-likeness (QED) is 0.634. The highest BCUT2D eigenvalue weighted by molar-refractivity contribution is 5.73. The highest BCUT2D eigenvalue weighted by Crippen LogP contribution is 1.98. The molecule has 0 fully saturated rings. The van der Waals surface area contributed by atoms with Crippen LogP contribution in [0.5, 0.6) is 0 Å². The maximum atomic E-state index is 11.3. The molecule has 0 heterocycles. The van der Waals surface area contributed by atoms with Crippen LogP contribution in [0, 0.1) is 5.92 Å². The van der Waals surface area contributed by atoms with E-state index >= 15 is 0 Å². The molecule has 0 aromatic heterocycles. The second-order valence-corrected chi connectivity index (χ2v) is 3.19. The lowest BCUT2D eigenvalue weighted by Gasteiger charge is -2.21. The summed E-state index contributed by atoms with van der Waals surface area (Å²) in [5.41, 5.74) is 0. The average Bonchev–Trinajstić information content (AvgIpc) is 2.00. The van der Waals surface area contributed by atoms with E-state index in [1.165, 1.54) is 0 Å². The van der Waals surface area contributed by atoms with E-state index in [2.05, 4.69) is 19.2 Å². The number of nitrogens with zero attached hydrogens (tertiary/aromatic N) is 2. The Morgan fingerprint density at radius 3 is 2.33 bits per heavy atom. The van der Waals surface area contributed by atoms with Crippen LogP contribution in [0.4, 0.5) is 4.79 Å². The Morgan fingerprint density at radius 2 is 2.00 bits per heavy atom. The molecule has 0 aliphatic heterocycles. The lowest BCUT2D eigenvalue weighted by molar-refractivity contribution is 0.193. The largest absolute Gasteiger partial charge is 0.338 e. The van der Waals surface area contributed by atoms with E-state index in [1.807, 2.05) is 13.8 Å². The molecule has 0 unspecified atom stereocenters. The van der Waals surface area contributed by atoms with E-state index in [4.69, 9.17) is 0 Å². The molecular formula is C9H19N2O. The van der Waals surface area contributed by atoms with E-state index in [0.29, 0.717) is 12.5 Å². The monoisotopic (exact) mass is 171 g/mol. The summed E-state index contributed by atoms with van der Waals surface area (Å²) in [7, 11) is 0. The second-order valence-electron chi connectivity index (χ2n) is 3.19. The predicted octanol–water partition coefficient (Wildman–Crippen LogP) is 1.71. The van der Waals surface area contributed by atoms with E-state index < -0.39 is 0 Å². The van der Waals surface area contributed by atoms with Gasteiger partial charge in [-0.05, 0) is 19.8 Å². The third-order valence-corrected chi connectivity index (χ3v) is 1.53. The van der Waals surface area contributed by atoms with Gasteiger partial charge in [-0.15, -0.1) is 0 Å². The number of hydrogen-bond acceptors (Lipinski definition) is 1. The van der Waals surface area contributed by atoms with Gasteiger partial charge in [0.25, 0.3) is 0 Å². The average molecular weight is 171 g/mol. The summed E-state index contributed by atoms with van der Waals surface area (Å²) in [5.74, 6) is 0.515. The molecule has 1 radical (unpaired) electrons. The number of rotatable bonds is 4. The van der Waals surface area contributed by atoms with Crippen molar-refractivity contribution in [3.63, 3.8) is 0 Å². The molecule has 0 aliphatic carbocycles. The van der Waals surface area contributed by atoms with Crippen molar-refractivity contribution in [2.45, 2.75) is 27.7 Å². The fourth-order valence-corrected chi connectivity index (χ4v) is 1.02. The maximum absolute atomic E-state index is 11.3. The molecule has 0 spiro atoms. The van der Waals surface area contributed by atoms with Crippen molar-refractivity contribution in [2.75, 3.05) is 19.6 Å². The minimum atomic E-state index is -0.0753. The summed E-state index contributed by atoms with van der Waals surface area (Å²) >= 11 is 0. The Balaban J connectivity index is 3.87. The van der Waals surface area contributed by atoms with Crippen LogP contribution in [0.25, 0.3) is 0 Å². The third-order valence-electron chi connectivity index (χ3n) is 1.53. The van der Waals surface area contributed by atoms with E-state index in [0.717, 1.165) is 13.1 Å². The third kappa shape index (κ3) is 4.21. The van der Waals surface area contributed by atoms with Gasteiger partial charge in [0.05, 0.1) is 0 Å². The zero-order valence-corrected chi connectivity index (χ0v) is 8.50. The summed E-state index contributed by atoms with van der Waals surface area (Å²) in [5, 5.41) is 3.84. The summed E-state index contributed by atoms with van der Waals surface area (Å²) < 4.78 is 0. The van der Waals surface area contributed by atoms with Crippen LogP contribution in [-0.4, -0.2) is 30.6 Å². The Labute approximate surface area is 75.1 Å². The van der Waals surface area contributed by atoms with Gasteiger partial charge in [0.2, 0.25) is 0 Å². The first kappa shape index (κ1) is 11.3. The topological polar surface area (TPSA) is 34.4 Å². The van der Waals surface area contributed by atoms with Crippen LogP contribution in [0.2, 0.25) is 0 Å². The molecule has 0 rings (SSSR count). The molecule has 12 heavy (non-hydrogen) atoms. The van der Waals surface area contributed by atoms with E-state index in [1.54, 1.807) is 4.90 Å². The Morgan fingerprint density at radius 1 is 1.42 bits per heavy atom. The molecule has 0 aromatic carbocycles. The number of carbonyl (C=O) groups excluding carboxylic acids is 1. The molecule has 2 amide bonds. The van der Waals surface area contributed by atoms with Gasteiger partial charge in [-0.2, -0.15) is 0 Å². The first-order chi connectivity index (χ1) is 5.61. The highest BCUT2D eigenvalue weighted by Gasteiger charge is 2.12. The van der Waals surface area contributed by atoms with Crippen molar-refractivity contribution in [2.24, 2.45) is 5.92 Å². The van der Waals surface area contributed by atoms with Gasteiger partial charge < -0.3 is 4.90 Å². The molecule has 3 heteroatoms. The first-order valence-electron chi connectivity index (χ1n) is 4.58. The molecule has 0 N–H and O–H groups in total. The van der Waals surface area contributed by atoms with Gasteiger partial charge in [-0.1, -0.05) is 13.8 Å². The van der Waals surface area contributed by atoms with Crippen LogP contribution < -0.4 is 5.32 Å². The van der Waals surface area contributed by atoms with Gasteiger partial charge in [0, 0.05) is 19.6 Å². The lowest BCUT2D eigenvalue weighted by Crippen LogP contribution is -2.38. The van der Waals surface area contributed by atoms with Gasteiger partial charge in [0.15, 0.2) is 0 Å². The van der Waals surface area contributed by atoms with Crippen molar-refractivity contribution >= 4 is 6.03 Å². The molecule has 0 atom stereocenters. The molecule has 0 bridgehead atoms. The number of hydrogen-bond donors (Lipinski definition) is 0. The van der Waals surface area contributed by atoms with Crippen molar-refractivity contribution < 1.29 is 4.79 Å². The highest BCUT2D eigenvalue weighted by atomic mass is 16.2. The van der Waals surface area contributed by atoms with Gasteiger partial charge in [0.1, 0.15) is 0 Å². The summed E-state index contributed by atoms with van der Waals surface area (Å²) in [6.45, 7) is 10.2. The van der Waals surface area contributed by atoms with Crippen molar-refractivity contribution in [1.29, 1.82) is 0 Å². The van der Waals surface area contributed by atoms with Crippen molar-refractivity contribution in [1.82, 2.24) is 10.2 Å². The predicted molar refractivity (Wildman–Crippen MR) is 50.2 cm³/mol. The first-order valence-corrected chi connectivity index (χ1v) is 4.58. The van der Waals surface area contributed by atoms with Gasteiger partial charge in [-0.3, -0.25) is 0 Å². The van der Waals surface area contributed by atoms with E-state index in [-0.39, 0.29) is 6.03 Å². The standard InChI is InChI=1S/C9H19N2O/c1-5-10-9(12)11(6-2)7-8(3)4/h8H,5-7H2,1-4H3. The van der Waals surface area contributed by atoms with Crippen LogP contribution in [-0.2, 0) is 0 Å². The zero-order chi connectivity index (χ0) is 9.56. The van der Waals surface area contributed by atoms with Gasteiger partial charge in [-0.25, -0.2) is 10.1 Å². The molecule has 3 nitrogen and oxygen atoms in total. The minimum Gasteiger partial charge on any atom is -0.323 e. The number of urea groups is 1. The SMILES string of the molecule is CC[N]C(=O)N(CC)CC(C)C. The lowest BCUT2D eigenvalue weighted by atomic mass is 10.2. The summed E-state index contributed by atoms with van der Waals surface area (Å²) in [6.07, 6.45) is 0. The van der Waals surface area contributed by atoms with Crippen LogP contribution in [0.1, 0.15) is 27.7 Å². The van der Waals surface area contributed by atoms with Crippen LogP contribution in [0.15, 0.2) is 0 Å². The summed E-state index contributed by atoms with van der Waals surface area (Å²) in [6, 6.07) is -0.0753. The number of carbonyl (C=O) groups is 1. The van der Waals surface area contributed by atoms with E-state index in [9.17, 15) is 4.79 Å². The molecule has 0 saturated carbocycles. The maximum Gasteiger partial charge on any atom is 0.338 e. The van der Waals surface area contributed by atoms with Crippen LogP contribution in [0.3, 0.4) is 0 Å².